The number of fused-ring (bicyclic) bond motifs is 1. The molecule has 0 radical (unpaired) electrons. The highest BCUT2D eigenvalue weighted by Gasteiger charge is 2.39. The summed E-state index contributed by atoms with van der Waals surface area (Å²) in [7, 11) is 3.93. The second-order valence-electron chi connectivity index (χ2n) is 9.12. The van der Waals surface area contributed by atoms with Crippen molar-refractivity contribution in [2.75, 3.05) is 44.9 Å². The summed E-state index contributed by atoms with van der Waals surface area (Å²) in [6, 6.07) is 14.5. The van der Waals surface area contributed by atoms with Gasteiger partial charge in [-0.25, -0.2) is 19.6 Å². The maximum absolute atomic E-state index is 12.9. The number of alkyl halides is 6. The number of nitrogens with two attached hydrogens (primary N) is 1. The van der Waals surface area contributed by atoms with Gasteiger partial charge in [0.05, 0.1) is 11.4 Å². The van der Waals surface area contributed by atoms with Crippen LogP contribution in [0.15, 0.2) is 54.7 Å². The Bertz CT molecular complexity index is 1480. The Kier molecular flexibility index (Phi) is 12.9. The van der Waals surface area contributed by atoms with Crippen molar-refractivity contribution < 1.29 is 65.1 Å². The zero-order valence-corrected chi connectivity index (χ0v) is 23.9. The summed E-state index contributed by atoms with van der Waals surface area (Å²) < 4.78 is 80.9. The summed E-state index contributed by atoms with van der Waals surface area (Å²) in [5.41, 5.74) is 7.70. The molecule has 0 aliphatic carbocycles. The van der Waals surface area contributed by atoms with Crippen LogP contribution in [0.2, 0.25) is 0 Å². The molecule has 46 heavy (non-hydrogen) atoms. The number of hydrogen-bond donors (Lipinski definition) is 4. The van der Waals surface area contributed by atoms with Gasteiger partial charge in [0.15, 0.2) is 11.5 Å². The standard InChI is InChI=1S/C23H25N5O4.2C2HF3O2/c1-28(2)11-12-30-20-13-15(16-9-10-25-23(24)27-16)7-8-17(20)26-22(29)21-14-31-18-5-3-4-6-19(18)32-21;2*3-2(4,5)1(6)7/h3-10,13,21H,11-12,14H2,1-2H3,(H,26,29)(H2,24,25,27);2*(H,6,7). The van der Waals surface area contributed by atoms with Crippen molar-refractivity contribution >= 4 is 29.5 Å². The number of ether oxygens (including phenoxy) is 3. The maximum Gasteiger partial charge on any atom is 0.490 e. The molecule has 1 amide bonds. The quantitative estimate of drug-likeness (QED) is 0.269. The number of amides is 1. The molecule has 2 aromatic carbocycles. The molecule has 1 unspecified atom stereocenters. The number of carboxylic acid groups (broad SMARTS) is 2. The third-order valence-electron chi connectivity index (χ3n) is 5.29. The Balaban J connectivity index is 0.000000440. The molecule has 0 saturated heterocycles. The van der Waals surface area contributed by atoms with Crippen LogP contribution in [0, 0.1) is 0 Å². The highest BCUT2D eigenvalue weighted by atomic mass is 19.4. The molecule has 1 aliphatic rings. The van der Waals surface area contributed by atoms with E-state index in [-0.39, 0.29) is 18.5 Å². The average molecular weight is 664 g/mol. The first-order valence-electron chi connectivity index (χ1n) is 12.7. The first-order chi connectivity index (χ1) is 21.4. The van der Waals surface area contributed by atoms with Gasteiger partial charge >= 0.3 is 24.3 Å². The maximum atomic E-state index is 12.9. The lowest BCUT2D eigenvalue weighted by Gasteiger charge is -2.26. The highest BCUT2D eigenvalue weighted by molar-refractivity contribution is 5.96. The van der Waals surface area contributed by atoms with Crippen molar-refractivity contribution in [3.05, 3.63) is 54.7 Å². The van der Waals surface area contributed by atoms with Crippen LogP contribution in [0.1, 0.15) is 0 Å². The Labute approximate surface area is 256 Å². The van der Waals surface area contributed by atoms with Crippen LogP contribution in [0.4, 0.5) is 38.0 Å². The fourth-order valence-electron chi connectivity index (χ4n) is 3.14. The average Bonchev–Trinajstić information content (AvgIpc) is 2.97. The van der Waals surface area contributed by atoms with Gasteiger partial charge in [0.2, 0.25) is 12.1 Å². The van der Waals surface area contributed by atoms with E-state index in [1.165, 1.54) is 0 Å². The minimum atomic E-state index is -5.08. The van der Waals surface area contributed by atoms with E-state index in [9.17, 15) is 31.1 Å². The molecule has 5 N–H and O–H groups in total. The molecule has 0 fully saturated rings. The van der Waals surface area contributed by atoms with Crippen LogP contribution < -0.4 is 25.3 Å². The lowest BCUT2D eigenvalue weighted by Crippen LogP contribution is -2.40. The molecule has 0 bridgehead atoms. The minimum absolute atomic E-state index is 0.123. The van der Waals surface area contributed by atoms with Crippen molar-refractivity contribution in [3.63, 3.8) is 0 Å². The number of likely N-dealkylation sites (N-methyl/N-ethyl adjacent to an activating group) is 1. The van der Waals surface area contributed by atoms with E-state index in [4.69, 9.17) is 39.7 Å². The Morgan fingerprint density at radius 2 is 1.59 bits per heavy atom. The third kappa shape index (κ3) is 12.0. The number of rotatable bonds is 7. The van der Waals surface area contributed by atoms with Crippen LogP contribution in [-0.2, 0) is 14.4 Å². The van der Waals surface area contributed by atoms with E-state index < -0.39 is 30.4 Å². The molecule has 19 heteroatoms. The number of aromatic nitrogens is 2. The number of carbonyl (C=O) groups is 3. The van der Waals surface area contributed by atoms with Crippen LogP contribution in [-0.4, -0.2) is 95.2 Å². The Morgan fingerprint density at radius 1 is 1.00 bits per heavy atom. The van der Waals surface area contributed by atoms with Crippen molar-refractivity contribution in [1.82, 2.24) is 14.9 Å². The summed E-state index contributed by atoms with van der Waals surface area (Å²) in [5.74, 6) is -3.97. The van der Waals surface area contributed by atoms with Gasteiger partial charge in [-0.05, 0) is 44.4 Å². The summed E-state index contributed by atoms with van der Waals surface area (Å²) in [6.45, 7) is 1.29. The van der Waals surface area contributed by atoms with Gasteiger partial charge in [-0.3, -0.25) is 4.79 Å². The number of para-hydroxylation sites is 2. The zero-order chi connectivity index (χ0) is 34.7. The molecular formula is C27H27F6N5O8. The monoisotopic (exact) mass is 663 g/mol. The minimum Gasteiger partial charge on any atom is -0.490 e. The number of anilines is 2. The first-order valence-corrected chi connectivity index (χ1v) is 12.7. The highest BCUT2D eigenvalue weighted by Crippen LogP contribution is 2.33. The smallest absolute Gasteiger partial charge is 0.490 e. The van der Waals surface area contributed by atoms with Crippen LogP contribution in [0.5, 0.6) is 17.2 Å². The van der Waals surface area contributed by atoms with Crippen molar-refractivity contribution in [2.24, 2.45) is 0 Å². The fourth-order valence-corrected chi connectivity index (χ4v) is 3.14. The zero-order valence-electron chi connectivity index (χ0n) is 23.9. The topological polar surface area (TPSA) is 186 Å². The van der Waals surface area contributed by atoms with E-state index in [2.05, 4.69) is 15.3 Å². The van der Waals surface area contributed by atoms with E-state index in [1.807, 2.05) is 43.3 Å². The number of nitrogens with one attached hydrogen (secondary N) is 1. The van der Waals surface area contributed by atoms with Gasteiger partial charge in [0, 0.05) is 18.3 Å². The van der Waals surface area contributed by atoms with Crippen molar-refractivity contribution in [2.45, 2.75) is 18.5 Å². The summed E-state index contributed by atoms with van der Waals surface area (Å²) in [5, 5.41) is 17.1. The fraction of sp³-hybridized carbons (Fsp3) is 0.296. The molecule has 2 heterocycles. The molecule has 3 aromatic rings. The normalized spacial score (nSPS) is 13.7. The van der Waals surface area contributed by atoms with Gasteiger partial charge in [0.25, 0.3) is 5.91 Å². The summed E-state index contributed by atoms with van der Waals surface area (Å²) in [6.07, 6.45) is -9.35. The largest absolute Gasteiger partial charge is 0.490 e. The molecule has 1 aliphatic heterocycles. The summed E-state index contributed by atoms with van der Waals surface area (Å²) in [4.78, 5) is 40.9. The van der Waals surface area contributed by atoms with Gasteiger partial charge < -0.3 is 40.4 Å². The van der Waals surface area contributed by atoms with Gasteiger partial charge in [0.1, 0.15) is 19.0 Å². The van der Waals surface area contributed by atoms with E-state index in [0.717, 1.165) is 5.56 Å². The molecule has 13 nitrogen and oxygen atoms in total. The van der Waals surface area contributed by atoms with E-state index >= 15 is 0 Å². The lowest BCUT2D eigenvalue weighted by molar-refractivity contribution is -0.193. The SMILES string of the molecule is CN(C)CCOc1cc(-c2ccnc(N)n2)ccc1NC(=O)C1COc2ccccc2O1.O=C(O)C(F)(F)F.O=C(O)C(F)(F)F. The number of halogens is 6. The number of hydrogen-bond acceptors (Lipinski definition) is 10. The van der Waals surface area contributed by atoms with Crippen LogP contribution >= 0.6 is 0 Å². The molecule has 0 saturated carbocycles. The number of nitrogens with zero attached hydrogens (tertiary/aromatic N) is 3. The van der Waals surface area contributed by atoms with Crippen molar-refractivity contribution in [3.8, 4) is 28.5 Å². The van der Waals surface area contributed by atoms with E-state index in [0.29, 0.717) is 41.8 Å². The molecule has 0 spiro atoms. The molecular weight excluding hydrogens is 636 g/mol. The molecule has 250 valence electrons. The number of carboxylic acids is 2. The molecule has 4 rings (SSSR count). The van der Waals surface area contributed by atoms with Crippen molar-refractivity contribution in [1.29, 1.82) is 0 Å². The van der Waals surface area contributed by atoms with Crippen LogP contribution in [0.3, 0.4) is 0 Å². The molecule has 1 aromatic heterocycles. The Morgan fingerprint density at radius 3 is 2.13 bits per heavy atom. The van der Waals surface area contributed by atoms with Gasteiger partial charge in [-0.1, -0.05) is 18.2 Å². The van der Waals surface area contributed by atoms with Gasteiger partial charge in [-0.15, -0.1) is 0 Å². The number of aliphatic carboxylic acids is 2. The summed E-state index contributed by atoms with van der Waals surface area (Å²) >= 11 is 0. The second kappa shape index (κ2) is 16.1. The number of nitrogen functional groups attached to an aromatic ring is 1. The van der Waals surface area contributed by atoms with Gasteiger partial charge in [-0.2, -0.15) is 26.3 Å². The van der Waals surface area contributed by atoms with E-state index in [1.54, 1.807) is 30.5 Å². The second-order valence-corrected chi connectivity index (χ2v) is 9.12. The Hall–Kier alpha value is -5.33. The third-order valence-corrected chi connectivity index (χ3v) is 5.29. The first kappa shape index (κ1) is 36.9. The number of benzene rings is 2. The predicted octanol–water partition coefficient (Wildman–Crippen LogP) is 3.71. The predicted molar refractivity (Wildman–Crippen MR) is 148 cm³/mol. The lowest BCUT2D eigenvalue weighted by atomic mass is 10.1. The number of carbonyl (C=O) groups excluding carboxylic acids is 1. The molecule has 1 atom stereocenters. The van der Waals surface area contributed by atoms with Crippen LogP contribution in [0.25, 0.3) is 11.3 Å².